The predicted molar refractivity (Wildman–Crippen MR) is 93.7 cm³/mol. The van der Waals surface area contributed by atoms with Crippen LogP contribution in [0.25, 0.3) is 0 Å². The number of aromatic nitrogens is 2. The molecule has 0 spiro atoms. The Labute approximate surface area is 147 Å². The molecule has 6 heteroatoms. The first-order valence-electron chi connectivity index (χ1n) is 8.70. The molecular weight excluding hydrogens is 316 g/mol. The van der Waals surface area contributed by atoms with Crippen LogP contribution >= 0.6 is 0 Å². The quantitative estimate of drug-likeness (QED) is 0.921. The van der Waals surface area contributed by atoms with E-state index in [2.05, 4.69) is 44.5 Å². The number of likely N-dealkylation sites (tertiary alicyclic amines) is 1. The lowest BCUT2D eigenvalue weighted by atomic mass is 9.82. The highest BCUT2D eigenvalue weighted by Gasteiger charge is 2.43. The Morgan fingerprint density at radius 1 is 1.20 bits per heavy atom. The lowest BCUT2D eigenvalue weighted by molar-refractivity contribution is -0.128. The van der Waals surface area contributed by atoms with Crippen molar-refractivity contribution in [2.24, 2.45) is 17.8 Å². The second-order valence-electron chi connectivity index (χ2n) is 6.83. The average Bonchev–Trinajstić information content (AvgIpc) is 3.05. The number of amides is 1. The molecule has 0 radical (unpaired) electrons. The summed E-state index contributed by atoms with van der Waals surface area (Å²) in [6.07, 6.45) is 4.73. The molecule has 0 aliphatic carbocycles. The van der Waals surface area contributed by atoms with Crippen molar-refractivity contribution >= 4 is 11.7 Å². The van der Waals surface area contributed by atoms with Crippen LogP contribution in [0, 0.1) is 17.8 Å². The molecule has 3 atom stereocenters. The fourth-order valence-electron chi connectivity index (χ4n) is 3.91. The minimum Gasteiger partial charge on any atom is -0.380 e. The summed E-state index contributed by atoms with van der Waals surface area (Å²) in [5.41, 5.74) is 1.31. The van der Waals surface area contributed by atoms with Gasteiger partial charge in [0.05, 0.1) is 25.3 Å². The first kappa shape index (κ1) is 16.2. The molecule has 1 aromatic carbocycles. The smallest absolute Gasteiger partial charge is 0.231 e. The highest BCUT2D eigenvalue weighted by Crippen LogP contribution is 2.35. The van der Waals surface area contributed by atoms with Gasteiger partial charge in [0, 0.05) is 32.0 Å². The maximum Gasteiger partial charge on any atom is 0.231 e. The van der Waals surface area contributed by atoms with Crippen molar-refractivity contribution in [1.82, 2.24) is 14.9 Å². The van der Waals surface area contributed by atoms with Crippen LogP contribution in [-0.4, -0.2) is 47.1 Å². The number of anilines is 1. The molecule has 6 nitrogen and oxygen atoms in total. The van der Waals surface area contributed by atoms with Gasteiger partial charge in [-0.25, -0.2) is 4.98 Å². The third-order valence-corrected chi connectivity index (χ3v) is 5.11. The number of carbonyl (C=O) groups excluding carboxylic acids is 1. The summed E-state index contributed by atoms with van der Waals surface area (Å²) in [6.45, 7) is 4.06. The predicted octanol–water partition coefficient (Wildman–Crippen LogP) is 1.81. The average molecular weight is 338 g/mol. The SMILES string of the molecule is O=C(Nc1cnccn1)[C@H]1COC[C@H]2CN(Cc3ccccc3)C[C@H]21. The number of ether oxygens (including phenoxy) is 1. The molecule has 0 unspecified atom stereocenters. The van der Waals surface area contributed by atoms with E-state index in [-0.39, 0.29) is 11.8 Å². The monoisotopic (exact) mass is 338 g/mol. The number of rotatable bonds is 4. The van der Waals surface area contributed by atoms with Crippen molar-refractivity contribution < 1.29 is 9.53 Å². The number of fused-ring (bicyclic) bond motifs is 1. The molecule has 130 valence electrons. The van der Waals surface area contributed by atoms with E-state index in [0.29, 0.717) is 24.3 Å². The van der Waals surface area contributed by atoms with Crippen LogP contribution in [0.2, 0.25) is 0 Å². The fraction of sp³-hybridized carbons (Fsp3) is 0.421. The molecule has 0 bridgehead atoms. The molecule has 2 aliphatic rings. The van der Waals surface area contributed by atoms with Crippen LogP contribution in [0.4, 0.5) is 5.82 Å². The van der Waals surface area contributed by atoms with Gasteiger partial charge in [0.25, 0.3) is 0 Å². The van der Waals surface area contributed by atoms with Gasteiger partial charge in [-0.05, 0) is 17.4 Å². The number of carbonyl (C=O) groups is 1. The van der Waals surface area contributed by atoms with Crippen molar-refractivity contribution in [3.8, 4) is 0 Å². The number of hydrogen-bond acceptors (Lipinski definition) is 5. The van der Waals surface area contributed by atoms with Gasteiger partial charge in [0.2, 0.25) is 5.91 Å². The van der Waals surface area contributed by atoms with Gasteiger partial charge in [-0.3, -0.25) is 14.7 Å². The maximum absolute atomic E-state index is 12.7. The number of nitrogens with one attached hydrogen (secondary N) is 1. The number of hydrogen-bond donors (Lipinski definition) is 1. The topological polar surface area (TPSA) is 67.3 Å². The first-order valence-corrected chi connectivity index (χ1v) is 8.70. The molecule has 2 aromatic rings. The van der Waals surface area contributed by atoms with Gasteiger partial charge in [0.1, 0.15) is 0 Å². The van der Waals surface area contributed by atoms with Crippen molar-refractivity contribution in [2.75, 3.05) is 31.6 Å². The maximum atomic E-state index is 12.7. The molecule has 1 amide bonds. The lowest BCUT2D eigenvalue weighted by Crippen LogP contribution is -2.42. The molecule has 3 heterocycles. The van der Waals surface area contributed by atoms with Crippen LogP contribution in [0.1, 0.15) is 5.56 Å². The van der Waals surface area contributed by atoms with Crippen molar-refractivity contribution in [2.45, 2.75) is 6.54 Å². The van der Waals surface area contributed by atoms with Gasteiger partial charge >= 0.3 is 0 Å². The zero-order chi connectivity index (χ0) is 17.1. The van der Waals surface area contributed by atoms with Gasteiger partial charge in [-0.15, -0.1) is 0 Å². The zero-order valence-corrected chi connectivity index (χ0v) is 14.0. The Balaban J connectivity index is 1.41. The highest BCUT2D eigenvalue weighted by molar-refractivity contribution is 5.92. The van der Waals surface area contributed by atoms with E-state index < -0.39 is 0 Å². The molecule has 2 aliphatic heterocycles. The van der Waals surface area contributed by atoms with E-state index in [1.54, 1.807) is 18.6 Å². The van der Waals surface area contributed by atoms with Crippen LogP contribution < -0.4 is 5.32 Å². The van der Waals surface area contributed by atoms with Crippen molar-refractivity contribution in [3.63, 3.8) is 0 Å². The second-order valence-corrected chi connectivity index (χ2v) is 6.83. The number of benzene rings is 1. The van der Waals surface area contributed by atoms with Gasteiger partial charge in [0.15, 0.2) is 5.82 Å². The molecule has 1 N–H and O–H groups in total. The Hall–Kier alpha value is -2.31. The van der Waals surface area contributed by atoms with Gasteiger partial charge in [-0.1, -0.05) is 30.3 Å². The van der Waals surface area contributed by atoms with E-state index in [1.807, 2.05) is 6.07 Å². The van der Waals surface area contributed by atoms with Gasteiger partial charge < -0.3 is 10.1 Å². The largest absolute Gasteiger partial charge is 0.380 e. The molecule has 1 aromatic heterocycles. The summed E-state index contributed by atoms with van der Waals surface area (Å²) in [7, 11) is 0. The Kier molecular flexibility index (Phi) is 4.72. The van der Waals surface area contributed by atoms with Crippen LogP contribution in [0.5, 0.6) is 0 Å². The van der Waals surface area contributed by atoms with E-state index in [4.69, 9.17) is 4.74 Å². The summed E-state index contributed by atoms with van der Waals surface area (Å²) in [4.78, 5) is 23.2. The summed E-state index contributed by atoms with van der Waals surface area (Å²) >= 11 is 0. The number of nitrogens with zero attached hydrogens (tertiary/aromatic N) is 3. The third kappa shape index (κ3) is 3.70. The minimum atomic E-state index is -0.137. The fourth-order valence-corrected chi connectivity index (χ4v) is 3.91. The Morgan fingerprint density at radius 3 is 2.88 bits per heavy atom. The standard InChI is InChI=1S/C19H22N4O2/c24-19(22-18-8-20-6-7-21-18)17-13-25-12-15-10-23(11-16(15)17)9-14-4-2-1-3-5-14/h1-8,15-17H,9-13H2,(H,21,22,24)/t15-,16-,17+/m1/s1. The summed E-state index contributed by atoms with van der Waals surface area (Å²) < 4.78 is 5.73. The Morgan fingerprint density at radius 2 is 2.08 bits per heavy atom. The second kappa shape index (κ2) is 7.29. The van der Waals surface area contributed by atoms with E-state index in [0.717, 1.165) is 26.2 Å². The first-order chi connectivity index (χ1) is 12.3. The molecule has 2 fully saturated rings. The molecule has 0 saturated carbocycles. The van der Waals surface area contributed by atoms with Crippen LogP contribution in [-0.2, 0) is 16.1 Å². The van der Waals surface area contributed by atoms with Crippen molar-refractivity contribution in [3.05, 3.63) is 54.5 Å². The minimum absolute atomic E-state index is 0.0169. The van der Waals surface area contributed by atoms with Crippen LogP contribution in [0.3, 0.4) is 0 Å². The molecule has 4 rings (SSSR count). The molecule has 25 heavy (non-hydrogen) atoms. The summed E-state index contributed by atoms with van der Waals surface area (Å²) in [5, 5.41) is 2.88. The highest BCUT2D eigenvalue weighted by atomic mass is 16.5. The van der Waals surface area contributed by atoms with Crippen LogP contribution in [0.15, 0.2) is 48.9 Å². The zero-order valence-electron chi connectivity index (χ0n) is 14.0. The van der Waals surface area contributed by atoms with E-state index in [1.165, 1.54) is 5.56 Å². The molecular formula is C19H22N4O2. The normalized spacial score (nSPS) is 26.2. The van der Waals surface area contributed by atoms with E-state index in [9.17, 15) is 4.79 Å². The molecule has 2 saturated heterocycles. The summed E-state index contributed by atoms with van der Waals surface area (Å²) in [5.74, 6) is 1.08. The Bertz CT molecular complexity index is 710. The van der Waals surface area contributed by atoms with E-state index >= 15 is 0 Å². The van der Waals surface area contributed by atoms with Crippen molar-refractivity contribution in [1.29, 1.82) is 0 Å². The lowest BCUT2D eigenvalue weighted by Gasteiger charge is -2.31. The van der Waals surface area contributed by atoms with Gasteiger partial charge in [-0.2, -0.15) is 0 Å². The summed E-state index contributed by atoms with van der Waals surface area (Å²) in [6, 6.07) is 10.5. The third-order valence-electron chi connectivity index (χ3n) is 5.11.